The summed E-state index contributed by atoms with van der Waals surface area (Å²) >= 11 is 0. The first-order valence-corrected chi connectivity index (χ1v) is 4.31. The van der Waals surface area contributed by atoms with Crippen LogP contribution in [0.3, 0.4) is 0 Å². The van der Waals surface area contributed by atoms with Crippen molar-refractivity contribution in [1.29, 1.82) is 0 Å². The summed E-state index contributed by atoms with van der Waals surface area (Å²) in [5.74, 6) is 0.200. The molecule has 82 valence electrons. The lowest BCUT2D eigenvalue weighted by atomic mass is 10.2. The summed E-state index contributed by atoms with van der Waals surface area (Å²) in [6.07, 6.45) is 0. The number of anilines is 1. The Hall–Kier alpha value is -1.82. The summed E-state index contributed by atoms with van der Waals surface area (Å²) in [6.45, 7) is 0.642. The van der Waals surface area contributed by atoms with Crippen molar-refractivity contribution in [1.82, 2.24) is 0 Å². The van der Waals surface area contributed by atoms with E-state index in [2.05, 4.69) is 0 Å². The number of hydrogen-bond donors (Lipinski definition) is 1. The maximum absolute atomic E-state index is 10.6. The number of methoxy groups -OCH3 is 1. The van der Waals surface area contributed by atoms with Crippen LogP contribution in [0.15, 0.2) is 18.2 Å². The molecule has 6 nitrogen and oxygen atoms in total. The molecule has 0 saturated carbocycles. The molecule has 1 aromatic rings. The summed E-state index contributed by atoms with van der Waals surface area (Å²) in [5.41, 5.74) is 5.64. The summed E-state index contributed by atoms with van der Waals surface area (Å²) < 4.78 is 9.94. The second-order valence-electron chi connectivity index (χ2n) is 2.83. The molecular weight excluding hydrogens is 200 g/mol. The van der Waals surface area contributed by atoms with E-state index in [1.54, 1.807) is 6.07 Å². The molecule has 0 aliphatic rings. The molecule has 2 N–H and O–H groups in total. The first kappa shape index (κ1) is 11.3. The van der Waals surface area contributed by atoms with Gasteiger partial charge in [-0.3, -0.25) is 10.1 Å². The summed E-state index contributed by atoms with van der Waals surface area (Å²) in [6, 6.07) is 4.29. The molecular formula is C9H12N2O4. The molecule has 1 rings (SSSR count). The highest BCUT2D eigenvalue weighted by Gasteiger charge is 2.14. The summed E-state index contributed by atoms with van der Waals surface area (Å²) in [5, 5.41) is 10.6. The predicted octanol–water partition coefficient (Wildman–Crippen LogP) is 1.20. The second kappa shape index (κ2) is 5.16. The van der Waals surface area contributed by atoms with E-state index in [1.165, 1.54) is 19.2 Å². The molecule has 0 unspecified atom stereocenters. The topological polar surface area (TPSA) is 87.6 Å². The van der Waals surface area contributed by atoms with Gasteiger partial charge in [-0.15, -0.1) is 0 Å². The fourth-order valence-corrected chi connectivity index (χ4v) is 1.03. The number of nitro benzene ring substituents is 1. The third-order valence-corrected chi connectivity index (χ3v) is 1.72. The summed E-state index contributed by atoms with van der Waals surface area (Å²) in [7, 11) is 1.53. The number of nitro groups is 1. The molecule has 0 aliphatic carbocycles. The normalized spacial score (nSPS) is 9.93. The Morgan fingerprint density at radius 2 is 2.20 bits per heavy atom. The van der Waals surface area contributed by atoms with Gasteiger partial charge in [-0.2, -0.15) is 0 Å². The Labute approximate surface area is 86.7 Å². The largest absolute Gasteiger partial charge is 0.484 e. The standard InChI is InChI=1S/C9H12N2O4/c1-14-4-5-15-9-3-2-7(10)6-8(9)11(12)13/h2-3,6H,4-5,10H2,1H3. The number of ether oxygens (including phenoxy) is 2. The monoisotopic (exact) mass is 212 g/mol. The number of rotatable bonds is 5. The zero-order valence-corrected chi connectivity index (χ0v) is 8.30. The van der Waals surface area contributed by atoms with Crippen LogP contribution in [-0.4, -0.2) is 25.2 Å². The van der Waals surface area contributed by atoms with Crippen LogP contribution in [0.1, 0.15) is 0 Å². The molecule has 0 atom stereocenters. The smallest absolute Gasteiger partial charge is 0.312 e. The van der Waals surface area contributed by atoms with E-state index in [0.717, 1.165) is 0 Å². The fourth-order valence-electron chi connectivity index (χ4n) is 1.03. The first-order chi connectivity index (χ1) is 7.15. The van der Waals surface area contributed by atoms with Gasteiger partial charge in [0.1, 0.15) is 6.61 Å². The minimum atomic E-state index is -0.529. The molecule has 0 aliphatic heterocycles. The van der Waals surface area contributed by atoms with Gasteiger partial charge in [-0.25, -0.2) is 0 Å². The average Bonchev–Trinajstić information content (AvgIpc) is 2.20. The van der Waals surface area contributed by atoms with E-state index >= 15 is 0 Å². The lowest BCUT2D eigenvalue weighted by molar-refractivity contribution is -0.385. The van der Waals surface area contributed by atoms with Crippen molar-refractivity contribution in [2.45, 2.75) is 0 Å². The molecule has 0 bridgehead atoms. The second-order valence-corrected chi connectivity index (χ2v) is 2.83. The van der Waals surface area contributed by atoms with Gasteiger partial charge in [0.15, 0.2) is 5.75 Å². The molecule has 15 heavy (non-hydrogen) atoms. The SMILES string of the molecule is COCCOc1ccc(N)cc1[N+](=O)[O-]. The van der Waals surface area contributed by atoms with E-state index in [0.29, 0.717) is 12.3 Å². The maximum atomic E-state index is 10.6. The molecule has 0 fully saturated rings. The van der Waals surface area contributed by atoms with Gasteiger partial charge in [0.25, 0.3) is 0 Å². The van der Waals surface area contributed by atoms with Crippen molar-refractivity contribution >= 4 is 11.4 Å². The molecule has 0 heterocycles. The van der Waals surface area contributed by atoms with E-state index in [1.807, 2.05) is 0 Å². The van der Waals surface area contributed by atoms with Gasteiger partial charge >= 0.3 is 5.69 Å². The lowest BCUT2D eigenvalue weighted by Crippen LogP contribution is -2.06. The zero-order valence-electron chi connectivity index (χ0n) is 8.30. The van der Waals surface area contributed by atoms with Crippen molar-refractivity contribution in [2.24, 2.45) is 0 Å². The molecule has 0 saturated heterocycles. The van der Waals surface area contributed by atoms with Gasteiger partial charge in [0, 0.05) is 18.9 Å². The highest BCUT2D eigenvalue weighted by molar-refractivity contribution is 5.56. The molecule has 0 amide bonds. The third kappa shape index (κ3) is 3.10. The minimum Gasteiger partial charge on any atom is -0.484 e. The molecule has 0 aromatic heterocycles. The highest BCUT2D eigenvalue weighted by Crippen LogP contribution is 2.28. The van der Waals surface area contributed by atoms with E-state index < -0.39 is 4.92 Å². The number of hydrogen-bond acceptors (Lipinski definition) is 5. The van der Waals surface area contributed by atoms with Crippen molar-refractivity contribution in [3.05, 3.63) is 28.3 Å². The first-order valence-electron chi connectivity index (χ1n) is 4.31. The number of benzene rings is 1. The van der Waals surface area contributed by atoms with Gasteiger partial charge in [-0.05, 0) is 12.1 Å². The Balaban J connectivity index is 2.81. The Morgan fingerprint density at radius 1 is 1.47 bits per heavy atom. The van der Waals surface area contributed by atoms with Crippen molar-refractivity contribution in [3.8, 4) is 5.75 Å². The van der Waals surface area contributed by atoms with Crippen LogP contribution in [0.2, 0.25) is 0 Å². The number of nitrogens with zero attached hydrogens (tertiary/aromatic N) is 1. The van der Waals surface area contributed by atoms with Crippen LogP contribution in [0, 0.1) is 10.1 Å². The van der Waals surface area contributed by atoms with Gasteiger partial charge in [0.2, 0.25) is 0 Å². The van der Waals surface area contributed by atoms with Crippen molar-refractivity contribution in [2.75, 3.05) is 26.1 Å². The van der Waals surface area contributed by atoms with Crippen LogP contribution in [-0.2, 0) is 4.74 Å². The average molecular weight is 212 g/mol. The number of nitrogens with two attached hydrogens (primary N) is 1. The highest BCUT2D eigenvalue weighted by atomic mass is 16.6. The van der Waals surface area contributed by atoms with Crippen LogP contribution in [0.4, 0.5) is 11.4 Å². The van der Waals surface area contributed by atoms with Crippen LogP contribution < -0.4 is 10.5 Å². The van der Waals surface area contributed by atoms with Crippen LogP contribution >= 0.6 is 0 Å². The van der Waals surface area contributed by atoms with Gasteiger partial charge < -0.3 is 15.2 Å². The van der Waals surface area contributed by atoms with Crippen molar-refractivity contribution < 1.29 is 14.4 Å². The Bertz CT molecular complexity index is 354. The fraction of sp³-hybridized carbons (Fsp3) is 0.333. The number of nitrogen functional groups attached to an aromatic ring is 1. The third-order valence-electron chi connectivity index (χ3n) is 1.72. The molecule has 6 heteroatoms. The van der Waals surface area contributed by atoms with E-state index in [9.17, 15) is 10.1 Å². The van der Waals surface area contributed by atoms with Gasteiger partial charge in [0.05, 0.1) is 11.5 Å². The Kier molecular flexibility index (Phi) is 3.87. The lowest BCUT2D eigenvalue weighted by Gasteiger charge is -2.06. The van der Waals surface area contributed by atoms with Crippen LogP contribution in [0.5, 0.6) is 5.75 Å². The minimum absolute atomic E-state index is 0.133. The molecule has 1 aromatic carbocycles. The zero-order chi connectivity index (χ0) is 11.3. The molecule has 0 spiro atoms. The predicted molar refractivity (Wildman–Crippen MR) is 54.9 cm³/mol. The summed E-state index contributed by atoms with van der Waals surface area (Å²) in [4.78, 5) is 10.1. The van der Waals surface area contributed by atoms with E-state index in [4.69, 9.17) is 15.2 Å². The van der Waals surface area contributed by atoms with E-state index in [-0.39, 0.29) is 18.0 Å². The van der Waals surface area contributed by atoms with Gasteiger partial charge in [-0.1, -0.05) is 0 Å². The quantitative estimate of drug-likeness (QED) is 0.343. The molecule has 0 radical (unpaired) electrons. The Morgan fingerprint density at radius 3 is 2.80 bits per heavy atom. The maximum Gasteiger partial charge on any atom is 0.312 e. The van der Waals surface area contributed by atoms with Crippen LogP contribution in [0.25, 0.3) is 0 Å². The van der Waals surface area contributed by atoms with Crippen molar-refractivity contribution in [3.63, 3.8) is 0 Å².